The Kier molecular flexibility index (Phi) is 4.14. The number of anilines is 1. The second kappa shape index (κ2) is 5.92. The van der Waals surface area contributed by atoms with Crippen molar-refractivity contribution in [2.75, 3.05) is 23.4 Å². The third-order valence-corrected chi connectivity index (χ3v) is 6.61. The minimum atomic E-state index is -2.93. The molecule has 2 aliphatic heterocycles. The number of thioether (sulfide) groups is 1. The summed E-state index contributed by atoms with van der Waals surface area (Å²) >= 11 is 1.47. The lowest BCUT2D eigenvalue weighted by molar-refractivity contribution is 0.0526. The molecule has 0 saturated carbocycles. The van der Waals surface area contributed by atoms with Crippen LogP contribution >= 0.6 is 11.8 Å². The van der Waals surface area contributed by atoms with E-state index in [-0.39, 0.29) is 28.8 Å². The number of hydrogen-bond acceptors (Lipinski definition) is 7. The smallest absolute Gasteiger partial charge is 0.338 e. The zero-order valence-electron chi connectivity index (χ0n) is 12.0. The fourth-order valence-corrected chi connectivity index (χ4v) is 6.12. The van der Waals surface area contributed by atoms with E-state index < -0.39 is 9.84 Å². The monoisotopic (exact) mass is 340 g/mol. The van der Waals surface area contributed by atoms with Crippen molar-refractivity contribution in [3.8, 4) is 0 Å². The summed E-state index contributed by atoms with van der Waals surface area (Å²) in [4.78, 5) is 16.0. The van der Waals surface area contributed by atoms with E-state index in [4.69, 9.17) is 4.74 Å². The predicted molar refractivity (Wildman–Crippen MR) is 87.3 cm³/mol. The van der Waals surface area contributed by atoms with Crippen molar-refractivity contribution in [1.29, 1.82) is 0 Å². The van der Waals surface area contributed by atoms with Crippen LogP contribution in [0.5, 0.6) is 0 Å². The summed E-state index contributed by atoms with van der Waals surface area (Å²) in [5.74, 6) is -0.0161. The molecule has 1 fully saturated rings. The van der Waals surface area contributed by atoms with Gasteiger partial charge in [0, 0.05) is 10.9 Å². The molecule has 22 heavy (non-hydrogen) atoms. The van der Waals surface area contributed by atoms with E-state index in [0.29, 0.717) is 12.2 Å². The Hall–Kier alpha value is -1.54. The Bertz CT molecular complexity index is 713. The maximum absolute atomic E-state index is 11.6. The minimum absolute atomic E-state index is 0.0197. The van der Waals surface area contributed by atoms with Gasteiger partial charge in [-0.05, 0) is 31.2 Å². The van der Waals surface area contributed by atoms with Gasteiger partial charge in [-0.1, -0.05) is 11.8 Å². The van der Waals surface area contributed by atoms with Gasteiger partial charge in [-0.3, -0.25) is 4.99 Å². The average Bonchev–Trinajstić information content (AvgIpc) is 2.92. The van der Waals surface area contributed by atoms with Gasteiger partial charge in [0.1, 0.15) is 0 Å². The summed E-state index contributed by atoms with van der Waals surface area (Å²) in [5.41, 5.74) is 1.30. The fourth-order valence-electron chi connectivity index (χ4n) is 2.44. The number of fused-ring (bicyclic) bond motifs is 1. The number of carbonyl (C=O) groups is 1. The van der Waals surface area contributed by atoms with Crippen molar-refractivity contribution in [3.05, 3.63) is 29.8 Å². The molecule has 0 bridgehead atoms. The topological polar surface area (TPSA) is 84.8 Å². The molecule has 1 aromatic rings. The first-order chi connectivity index (χ1) is 10.5. The van der Waals surface area contributed by atoms with Crippen LogP contribution in [0.2, 0.25) is 0 Å². The van der Waals surface area contributed by atoms with Crippen LogP contribution in [-0.4, -0.2) is 49.0 Å². The largest absolute Gasteiger partial charge is 0.462 e. The molecule has 0 spiro atoms. The van der Waals surface area contributed by atoms with Gasteiger partial charge in [0.15, 0.2) is 15.0 Å². The summed E-state index contributed by atoms with van der Waals surface area (Å²) in [6, 6.07) is 6.79. The van der Waals surface area contributed by atoms with E-state index in [0.717, 1.165) is 10.9 Å². The highest BCUT2D eigenvalue weighted by Crippen LogP contribution is 2.34. The Morgan fingerprint density at radius 3 is 2.73 bits per heavy atom. The maximum atomic E-state index is 11.6. The molecule has 2 aliphatic rings. The highest BCUT2D eigenvalue weighted by molar-refractivity contribution is 8.15. The highest BCUT2D eigenvalue weighted by atomic mass is 32.2. The SMILES string of the molecule is CCOC(=O)c1ccc(NC2=NC3CS(=O)(=O)CC3S2)cc1. The number of rotatable bonds is 3. The minimum Gasteiger partial charge on any atom is -0.462 e. The van der Waals surface area contributed by atoms with E-state index in [1.165, 1.54) is 11.8 Å². The number of carbonyl (C=O) groups excluding carboxylic acids is 1. The first-order valence-corrected chi connectivity index (χ1v) is 9.66. The van der Waals surface area contributed by atoms with Crippen molar-refractivity contribution < 1.29 is 17.9 Å². The third kappa shape index (κ3) is 3.27. The Morgan fingerprint density at radius 2 is 2.09 bits per heavy atom. The van der Waals surface area contributed by atoms with Crippen LogP contribution in [0, 0.1) is 0 Å². The molecule has 6 nitrogen and oxygen atoms in total. The zero-order valence-corrected chi connectivity index (χ0v) is 13.6. The second-order valence-corrected chi connectivity index (χ2v) is 8.54. The van der Waals surface area contributed by atoms with Crippen molar-refractivity contribution in [2.45, 2.75) is 18.2 Å². The normalized spacial score (nSPS) is 25.4. The lowest BCUT2D eigenvalue weighted by atomic mass is 10.2. The number of esters is 1. The number of nitrogens with one attached hydrogen (secondary N) is 1. The van der Waals surface area contributed by atoms with Crippen LogP contribution in [-0.2, 0) is 14.6 Å². The molecule has 118 valence electrons. The zero-order chi connectivity index (χ0) is 15.7. The van der Waals surface area contributed by atoms with Crippen LogP contribution in [0.4, 0.5) is 5.69 Å². The molecule has 1 saturated heterocycles. The number of ether oxygens (including phenoxy) is 1. The van der Waals surface area contributed by atoms with Crippen LogP contribution < -0.4 is 5.32 Å². The molecule has 0 aromatic heterocycles. The van der Waals surface area contributed by atoms with Crippen molar-refractivity contribution in [2.24, 2.45) is 4.99 Å². The molecular formula is C14H16N2O4S2. The van der Waals surface area contributed by atoms with E-state index in [9.17, 15) is 13.2 Å². The standard InChI is InChI=1S/C14H16N2O4S2/c1-2-20-13(17)9-3-5-10(6-4-9)15-14-16-11-7-22(18,19)8-12(11)21-14/h3-6,11-12H,2,7-8H2,1H3,(H,15,16). The summed E-state index contributed by atoms with van der Waals surface area (Å²) in [6.45, 7) is 2.11. The van der Waals surface area contributed by atoms with Gasteiger partial charge in [0.2, 0.25) is 0 Å². The number of amidine groups is 1. The first kappa shape index (κ1) is 15.4. The molecule has 0 amide bonds. The van der Waals surface area contributed by atoms with Gasteiger partial charge in [-0.2, -0.15) is 0 Å². The van der Waals surface area contributed by atoms with E-state index in [1.54, 1.807) is 31.2 Å². The van der Waals surface area contributed by atoms with Crippen LogP contribution in [0.3, 0.4) is 0 Å². The Balaban J connectivity index is 1.64. The van der Waals surface area contributed by atoms with Crippen molar-refractivity contribution in [1.82, 2.24) is 0 Å². The van der Waals surface area contributed by atoms with Crippen LogP contribution in [0.25, 0.3) is 0 Å². The molecule has 1 aromatic carbocycles. The molecule has 2 atom stereocenters. The molecule has 2 heterocycles. The van der Waals surface area contributed by atoms with Gasteiger partial charge in [-0.25, -0.2) is 13.2 Å². The van der Waals surface area contributed by atoms with Gasteiger partial charge >= 0.3 is 5.97 Å². The molecule has 2 unspecified atom stereocenters. The van der Waals surface area contributed by atoms with Crippen LogP contribution in [0.1, 0.15) is 17.3 Å². The summed E-state index contributed by atoms with van der Waals surface area (Å²) in [6.07, 6.45) is 0. The Morgan fingerprint density at radius 1 is 1.36 bits per heavy atom. The molecular weight excluding hydrogens is 324 g/mol. The highest BCUT2D eigenvalue weighted by Gasteiger charge is 2.42. The molecule has 0 radical (unpaired) electrons. The van der Waals surface area contributed by atoms with E-state index >= 15 is 0 Å². The number of sulfone groups is 1. The van der Waals surface area contributed by atoms with Gasteiger partial charge in [-0.15, -0.1) is 0 Å². The van der Waals surface area contributed by atoms with E-state index in [2.05, 4.69) is 10.3 Å². The summed E-state index contributed by atoms with van der Waals surface area (Å²) in [5, 5.41) is 3.91. The third-order valence-electron chi connectivity index (χ3n) is 3.47. The van der Waals surface area contributed by atoms with Crippen molar-refractivity contribution >= 4 is 38.4 Å². The van der Waals surface area contributed by atoms with Gasteiger partial charge in [0.05, 0.1) is 29.7 Å². The first-order valence-electron chi connectivity index (χ1n) is 6.96. The average molecular weight is 340 g/mol. The maximum Gasteiger partial charge on any atom is 0.338 e. The summed E-state index contributed by atoms with van der Waals surface area (Å²) < 4.78 is 28.0. The number of benzene rings is 1. The van der Waals surface area contributed by atoms with Crippen molar-refractivity contribution in [3.63, 3.8) is 0 Å². The second-order valence-electron chi connectivity index (χ2n) is 5.16. The van der Waals surface area contributed by atoms with Gasteiger partial charge in [0.25, 0.3) is 0 Å². The van der Waals surface area contributed by atoms with Crippen LogP contribution in [0.15, 0.2) is 29.3 Å². The lowest BCUT2D eigenvalue weighted by Gasteiger charge is -2.07. The number of aliphatic imine (C=N–C) groups is 1. The Labute approximate surface area is 133 Å². The van der Waals surface area contributed by atoms with E-state index in [1.807, 2.05) is 0 Å². The molecule has 0 aliphatic carbocycles. The lowest BCUT2D eigenvalue weighted by Crippen LogP contribution is -2.13. The number of hydrogen-bond donors (Lipinski definition) is 1. The van der Waals surface area contributed by atoms with Gasteiger partial charge < -0.3 is 10.1 Å². The molecule has 8 heteroatoms. The quantitative estimate of drug-likeness (QED) is 0.840. The molecule has 3 rings (SSSR count). The molecule has 1 N–H and O–H groups in total. The number of nitrogens with zero attached hydrogens (tertiary/aromatic N) is 1. The predicted octanol–water partition coefficient (Wildman–Crippen LogP) is 1.54. The summed E-state index contributed by atoms with van der Waals surface area (Å²) in [7, 11) is -2.93. The fraction of sp³-hybridized carbons (Fsp3) is 0.429.